The van der Waals surface area contributed by atoms with E-state index in [-0.39, 0.29) is 11.8 Å². The van der Waals surface area contributed by atoms with E-state index in [1.54, 1.807) is 0 Å². The molecule has 0 spiro atoms. The number of hydrogen-bond donors (Lipinski definition) is 0. The predicted molar refractivity (Wildman–Crippen MR) is 113 cm³/mol. The number of halogens is 1. The Labute approximate surface area is 171 Å². The monoisotopic (exact) mass is 437 g/mol. The number of benzene rings is 1. The summed E-state index contributed by atoms with van der Waals surface area (Å²) in [4.78, 5) is 31.6. The Balaban J connectivity index is 1.99. The summed E-state index contributed by atoms with van der Waals surface area (Å²) < 4.78 is 1.01. The summed E-state index contributed by atoms with van der Waals surface area (Å²) in [6.45, 7) is 13.0. The molecule has 0 bridgehead atoms. The van der Waals surface area contributed by atoms with Crippen molar-refractivity contribution >= 4 is 27.7 Å². The van der Waals surface area contributed by atoms with Crippen LogP contribution in [0.2, 0.25) is 0 Å². The van der Waals surface area contributed by atoms with E-state index in [9.17, 15) is 9.59 Å². The lowest BCUT2D eigenvalue weighted by Gasteiger charge is -2.32. The maximum Gasteiger partial charge on any atom is 0.236 e. The van der Waals surface area contributed by atoms with Crippen molar-refractivity contribution in [2.24, 2.45) is 0 Å². The third-order valence-corrected chi connectivity index (χ3v) is 5.98. The van der Waals surface area contributed by atoms with Gasteiger partial charge in [-0.25, -0.2) is 0 Å². The highest BCUT2D eigenvalue weighted by Crippen LogP contribution is 2.27. The standard InChI is InChI=1S/C21H32BrN3O2/c1-5-24(6-2)19(26)16-23-12-7-13-25(15-14-23)20(27)21(3,4)17-8-10-18(22)11-9-17/h8-11H,5-7,12-16H2,1-4H3. The van der Waals surface area contributed by atoms with Crippen molar-refractivity contribution in [3.05, 3.63) is 34.3 Å². The molecule has 5 nitrogen and oxygen atoms in total. The van der Waals surface area contributed by atoms with Gasteiger partial charge in [-0.2, -0.15) is 0 Å². The third-order valence-electron chi connectivity index (χ3n) is 5.45. The zero-order chi connectivity index (χ0) is 20.0. The normalized spacial score (nSPS) is 16.1. The van der Waals surface area contributed by atoms with Gasteiger partial charge in [0.25, 0.3) is 0 Å². The van der Waals surface area contributed by atoms with Gasteiger partial charge < -0.3 is 9.80 Å². The molecule has 2 rings (SSSR count). The van der Waals surface area contributed by atoms with Crippen LogP contribution >= 0.6 is 15.9 Å². The number of amides is 2. The van der Waals surface area contributed by atoms with Crippen LogP contribution in [0.4, 0.5) is 0 Å². The molecule has 1 heterocycles. The fraction of sp³-hybridized carbons (Fsp3) is 0.619. The van der Waals surface area contributed by atoms with Crippen molar-refractivity contribution in [1.82, 2.24) is 14.7 Å². The Hall–Kier alpha value is -1.40. The van der Waals surface area contributed by atoms with Crippen LogP contribution in [0.1, 0.15) is 39.7 Å². The molecule has 0 aromatic heterocycles. The first-order valence-corrected chi connectivity index (χ1v) is 10.6. The van der Waals surface area contributed by atoms with E-state index in [1.165, 1.54) is 0 Å². The molecule has 27 heavy (non-hydrogen) atoms. The van der Waals surface area contributed by atoms with Crippen LogP contribution in [-0.4, -0.2) is 72.3 Å². The average molecular weight is 438 g/mol. The summed E-state index contributed by atoms with van der Waals surface area (Å²) >= 11 is 3.45. The van der Waals surface area contributed by atoms with Crippen molar-refractivity contribution in [3.8, 4) is 0 Å². The smallest absolute Gasteiger partial charge is 0.236 e. The van der Waals surface area contributed by atoms with Gasteiger partial charge in [0.15, 0.2) is 0 Å². The van der Waals surface area contributed by atoms with Crippen LogP contribution in [0, 0.1) is 0 Å². The quantitative estimate of drug-likeness (QED) is 0.686. The molecule has 1 aliphatic heterocycles. The van der Waals surface area contributed by atoms with Crippen LogP contribution in [-0.2, 0) is 15.0 Å². The minimum absolute atomic E-state index is 0.154. The van der Waals surface area contributed by atoms with Gasteiger partial charge in [0.1, 0.15) is 0 Å². The lowest BCUT2D eigenvalue weighted by Crippen LogP contribution is -2.46. The molecule has 1 fully saturated rings. The van der Waals surface area contributed by atoms with Crippen LogP contribution in [0.5, 0.6) is 0 Å². The van der Waals surface area contributed by atoms with Gasteiger partial charge >= 0.3 is 0 Å². The average Bonchev–Trinajstić information content (AvgIpc) is 2.88. The maximum absolute atomic E-state index is 13.2. The number of hydrogen-bond acceptors (Lipinski definition) is 3. The molecule has 1 aliphatic rings. The lowest BCUT2D eigenvalue weighted by molar-refractivity contribution is -0.136. The van der Waals surface area contributed by atoms with Crippen molar-refractivity contribution in [1.29, 1.82) is 0 Å². The molecular weight excluding hydrogens is 406 g/mol. The maximum atomic E-state index is 13.2. The fourth-order valence-corrected chi connectivity index (χ4v) is 3.85. The summed E-state index contributed by atoms with van der Waals surface area (Å²) in [5, 5.41) is 0. The highest BCUT2D eigenvalue weighted by atomic mass is 79.9. The Morgan fingerprint density at radius 3 is 2.26 bits per heavy atom. The largest absolute Gasteiger partial charge is 0.342 e. The van der Waals surface area contributed by atoms with E-state index in [0.717, 1.165) is 49.2 Å². The van der Waals surface area contributed by atoms with Crippen molar-refractivity contribution in [2.45, 2.75) is 39.5 Å². The van der Waals surface area contributed by atoms with Crippen molar-refractivity contribution in [2.75, 3.05) is 45.8 Å². The molecule has 2 amide bonds. The van der Waals surface area contributed by atoms with Crippen molar-refractivity contribution < 1.29 is 9.59 Å². The van der Waals surface area contributed by atoms with Crippen molar-refractivity contribution in [3.63, 3.8) is 0 Å². The summed E-state index contributed by atoms with van der Waals surface area (Å²) in [6, 6.07) is 7.98. The van der Waals surface area contributed by atoms with Gasteiger partial charge in [0, 0.05) is 43.7 Å². The van der Waals surface area contributed by atoms with Crippen LogP contribution in [0.15, 0.2) is 28.7 Å². The summed E-state index contributed by atoms with van der Waals surface area (Å²) in [6.07, 6.45) is 0.897. The van der Waals surface area contributed by atoms with Gasteiger partial charge in [0.05, 0.1) is 12.0 Å². The Morgan fingerprint density at radius 1 is 1.04 bits per heavy atom. The van der Waals surface area contributed by atoms with Crippen LogP contribution in [0.25, 0.3) is 0 Å². The molecule has 0 unspecified atom stereocenters. The molecule has 1 aromatic rings. The van der Waals surface area contributed by atoms with Gasteiger partial charge in [0.2, 0.25) is 11.8 Å². The highest BCUT2D eigenvalue weighted by molar-refractivity contribution is 9.10. The second-order valence-electron chi connectivity index (χ2n) is 7.62. The fourth-order valence-electron chi connectivity index (χ4n) is 3.59. The number of likely N-dealkylation sites (N-methyl/N-ethyl adjacent to an activating group) is 1. The first-order valence-electron chi connectivity index (χ1n) is 9.85. The molecule has 0 saturated carbocycles. The minimum atomic E-state index is -0.563. The predicted octanol–water partition coefficient (Wildman–Crippen LogP) is 3.13. The summed E-state index contributed by atoms with van der Waals surface area (Å²) in [5.74, 6) is 0.330. The number of carbonyl (C=O) groups is 2. The number of rotatable bonds is 6. The second kappa shape index (κ2) is 9.69. The Bertz CT molecular complexity index is 641. The molecule has 0 aliphatic carbocycles. The molecule has 150 valence electrons. The number of nitrogens with zero attached hydrogens (tertiary/aromatic N) is 3. The summed E-state index contributed by atoms with van der Waals surface area (Å²) in [5.41, 5.74) is 0.459. The third kappa shape index (κ3) is 5.55. The first-order chi connectivity index (χ1) is 12.8. The molecule has 0 radical (unpaired) electrons. The number of carbonyl (C=O) groups excluding carboxylic acids is 2. The lowest BCUT2D eigenvalue weighted by atomic mass is 9.83. The molecule has 0 atom stereocenters. The zero-order valence-electron chi connectivity index (χ0n) is 17.0. The van der Waals surface area contributed by atoms with E-state index in [4.69, 9.17) is 0 Å². The van der Waals surface area contributed by atoms with Gasteiger partial charge in [-0.3, -0.25) is 14.5 Å². The molecule has 0 N–H and O–H groups in total. The SMILES string of the molecule is CCN(CC)C(=O)CN1CCCN(C(=O)C(C)(C)c2ccc(Br)cc2)CC1. The molecule has 1 saturated heterocycles. The topological polar surface area (TPSA) is 43.9 Å². The first kappa shape index (κ1) is 21.9. The van der Waals surface area contributed by atoms with E-state index in [0.29, 0.717) is 13.1 Å². The second-order valence-corrected chi connectivity index (χ2v) is 8.54. The van der Waals surface area contributed by atoms with Crippen LogP contribution < -0.4 is 0 Å². The Kier molecular flexibility index (Phi) is 7.86. The van der Waals surface area contributed by atoms with Gasteiger partial charge in [-0.15, -0.1) is 0 Å². The van der Waals surface area contributed by atoms with E-state index < -0.39 is 5.41 Å². The summed E-state index contributed by atoms with van der Waals surface area (Å²) in [7, 11) is 0. The zero-order valence-corrected chi connectivity index (χ0v) is 18.6. The highest BCUT2D eigenvalue weighted by Gasteiger charge is 2.34. The van der Waals surface area contributed by atoms with Gasteiger partial charge in [-0.05, 0) is 51.8 Å². The van der Waals surface area contributed by atoms with E-state index >= 15 is 0 Å². The molecule has 6 heteroatoms. The van der Waals surface area contributed by atoms with E-state index in [1.807, 2.05) is 61.8 Å². The molecular formula is C21H32BrN3O2. The van der Waals surface area contributed by atoms with Crippen LogP contribution in [0.3, 0.4) is 0 Å². The van der Waals surface area contributed by atoms with Gasteiger partial charge in [-0.1, -0.05) is 28.1 Å². The minimum Gasteiger partial charge on any atom is -0.342 e. The molecule has 1 aromatic carbocycles. The van der Waals surface area contributed by atoms with E-state index in [2.05, 4.69) is 20.8 Å². The Morgan fingerprint density at radius 2 is 1.67 bits per heavy atom.